The molecule has 2 rings (SSSR count). The van der Waals surface area contributed by atoms with Crippen LogP contribution in [0, 0.1) is 5.41 Å². The highest BCUT2D eigenvalue weighted by atomic mass is 16.5. The van der Waals surface area contributed by atoms with Gasteiger partial charge in [-0.3, -0.25) is 0 Å². The van der Waals surface area contributed by atoms with E-state index in [1.807, 2.05) is 6.07 Å². The second-order valence-electron chi connectivity index (χ2n) is 5.26. The first kappa shape index (κ1) is 12.2. The second-order valence-corrected chi connectivity index (χ2v) is 5.26. The van der Waals surface area contributed by atoms with Crippen molar-refractivity contribution in [3.05, 3.63) is 35.4 Å². The minimum absolute atomic E-state index is 0.207. The second kappa shape index (κ2) is 4.53. The summed E-state index contributed by atoms with van der Waals surface area (Å²) in [6.45, 7) is 5.17. The first-order valence-corrected chi connectivity index (χ1v) is 6.16. The summed E-state index contributed by atoms with van der Waals surface area (Å²) in [5.74, 6) is 0.921. The summed E-state index contributed by atoms with van der Waals surface area (Å²) in [6.07, 6.45) is 4.46. The molecule has 0 aliphatic heterocycles. The van der Waals surface area contributed by atoms with Crippen molar-refractivity contribution in [3.63, 3.8) is 0 Å². The maximum atomic E-state index is 5.70. The number of ether oxygens (including phenoxy) is 1. The summed E-state index contributed by atoms with van der Waals surface area (Å²) in [6, 6.07) is 6.35. The third-order valence-corrected chi connectivity index (χ3v) is 3.68. The van der Waals surface area contributed by atoms with Crippen LogP contribution in [-0.4, -0.2) is 13.7 Å². The van der Waals surface area contributed by atoms with Gasteiger partial charge in [0, 0.05) is 6.54 Å². The largest absolute Gasteiger partial charge is 0.497 e. The first-order chi connectivity index (χ1) is 8.08. The summed E-state index contributed by atoms with van der Waals surface area (Å²) in [4.78, 5) is 0. The number of hydrogen-bond donors (Lipinski definition) is 1. The van der Waals surface area contributed by atoms with Gasteiger partial charge in [-0.2, -0.15) is 0 Å². The lowest BCUT2D eigenvalue weighted by Gasteiger charge is -2.35. The van der Waals surface area contributed by atoms with E-state index in [1.54, 1.807) is 7.11 Å². The fraction of sp³-hybridized carbons (Fsp3) is 0.467. The summed E-state index contributed by atoms with van der Waals surface area (Å²) in [5.41, 5.74) is 9.99. The molecule has 1 aromatic carbocycles. The fourth-order valence-electron chi connectivity index (χ4n) is 2.60. The van der Waals surface area contributed by atoms with E-state index in [2.05, 4.69) is 32.1 Å². The van der Waals surface area contributed by atoms with Gasteiger partial charge in [-0.15, -0.1) is 0 Å². The first-order valence-electron chi connectivity index (χ1n) is 6.16. The molecule has 0 radical (unpaired) electrons. The maximum Gasteiger partial charge on any atom is 0.119 e. The van der Waals surface area contributed by atoms with Crippen molar-refractivity contribution in [1.29, 1.82) is 0 Å². The lowest BCUT2D eigenvalue weighted by atomic mass is 9.70. The smallest absolute Gasteiger partial charge is 0.119 e. The van der Waals surface area contributed by atoms with Crippen LogP contribution in [0.5, 0.6) is 5.75 Å². The van der Waals surface area contributed by atoms with Crippen LogP contribution in [0.15, 0.2) is 24.3 Å². The van der Waals surface area contributed by atoms with Crippen molar-refractivity contribution >= 4 is 5.57 Å². The number of nitrogens with two attached hydrogens (primary N) is 1. The van der Waals surface area contributed by atoms with Gasteiger partial charge in [-0.1, -0.05) is 26.0 Å². The molecule has 0 amide bonds. The third kappa shape index (κ3) is 2.22. The van der Waals surface area contributed by atoms with Gasteiger partial charge in [0.05, 0.1) is 7.11 Å². The van der Waals surface area contributed by atoms with Crippen LogP contribution in [-0.2, 0) is 6.42 Å². The quantitative estimate of drug-likeness (QED) is 0.849. The molecule has 1 aliphatic carbocycles. The number of rotatable bonds is 2. The number of hydrogen-bond acceptors (Lipinski definition) is 2. The monoisotopic (exact) mass is 231 g/mol. The Bertz CT molecular complexity index is 446. The van der Waals surface area contributed by atoms with Crippen LogP contribution in [0.3, 0.4) is 0 Å². The van der Waals surface area contributed by atoms with E-state index in [9.17, 15) is 0 Å². The Morgan fingerprint density at radius 2 is 2.18 bits per heavy atom. The van der Waals surface area contributed by atoms with Crippen molar-refractivity contribution in [2.24, 2.45) is 11.1 Å². The molecule has 0 heterocycles. The predicted octanol–water partition coefficient (Wildman–Crippen LogP) is 3.01. The van der Waals surface area contributed by atoms with Crippen LogP contribution in [0.25, 0.3) is 5.57 Å². The molecule has 0 aromatic heterocycles. The van der Waals surface area contributed by atoms with Crippen molar-refractivity contribution in [2.75, 3.05) is 13.7 Å². The van der Waals surface area contributed by atoms with Gasteiger partial charge >= 0.3 is 0 Å². The molecule has 17 heavy (non-hydrogen) atoms. The van der Waals surface area contributed by atoms with Crippen molar-refractivity contribution in [2.45, 2.75) is 26.7 Å². The molecule has 1 aromatic rings. The van der Waals surface area contributed by atoms with Crippen LogP contribution < -0.4 is 10.5 Å². The average Bonchev–Trinajstić information content (AvgIpc) is 2.32. The number of aryl methyl sites for hydroxylation is 1. The normalized spacial score (nSPS) is 20.1. The van der Waals surface area contributed by atoms with Gasteiger partial charge in [-0.05, 0) is 47.1 Å². The highest BCUT2D eigenvalue weighted by molar-refractivity contribution is 5.75. The molecular formula is C15H21NO. The van der Waals surface area contributed by atoms with Crippen LogP contribution >= 0.6 is 0 Å². The number of methoxy groups -OCH3 is 1. The van der Waals surface area contributed by atoms with Crippen molar-refractivity contribution in [3.8, 4) is 5.75 Å². The third-order valence-electron chi connectivity index (χ3n) is 3.68. The van der Waals surface area contributed by atoms with E-state index < -0.39 is 0 Å². The lowest BCUT2D eigenvalue weighted by Crippen LogP contribution is -2.22. The van der Waals surface area contributed by atoms with E-state index in [0.717, 1.165) is 12.2 Å². The predicted molar refractivity (Wildman–Crippen MR) is 72.1 cm³/mol. The molecule has 0 atom stereocenters. The Balaban J connectivity index is 2.54. The zero-order chi connectivity index (χ0) is 12.5. The van der Waals surface area contributed by atoms with Crippen molar-refractivity contribution < 1.29 is 4.74 Å². The zero-order valence-electron chi connectivity index (χ0n) is 10.9. The van der Waals surface area contributed by atoms with Crippen LogP contribution in [0.4, 0.5) is 0 Å². The van der Waals surface area contributed by atoms with Gasteiger partial charge in [0.2, 0.25) is 0 Å². The molecule has 0 fully saturated rings. The molecule has 2 nitrogen and oxygen atoms in total. The number of allylic oxidation sites excluding steroid dienone is 1. The van der Waals surface area contributed by atoms with E-state index in [1.165, 1.54) is 23.1 Å². The molecule has 0 unspecified atom stereocenters. The molecule has 2 N–H and O–H groups in total. The highest BCUT2D eigenvalue weighted by Gasteiger charge is 2.30. The number of benzene rings is 1. The van der Waals surface area contributed by atoms with Crippen LogP contribution in [0.2, 0.25) is 0 Å². The fourth-order valence-corrected chi connectivity index (χ4v) is 2.60. The van der Waals surface area contributed by atoms with Gasteiger partial charge in [0.25, 0.3) is 0 Å². The average molecular weight is 231 g/mol. The van der Waals surface area contributed by atoms with E-state index in [-0.39, 0.29) is 5.41 Å². The summed E-state index contributed by atoms with van der Waals surface area (Å²) in [7, 11) is 1.71. The SMILES string of the molecule is COc1ccc2c(c1)/C(=C\CN)C(C)(C)CC2. The Morgan fingerprint density at radius 1 is 1.41 bits per heavy atom. The topological polar surface area (TPSA) is 35.2 Å². The van der Waals surface area contributed by atoms with Gasteiger partial charge < -0.3 is 10.5 Å². The minimum Gasteiger partial charge on any atom is -0.497 e. The summed E-state index contributed by atoms with van der Waals surface area (Å²) in [5, 5.41) is 0. The lowest BCUT2D eigenvalue weighted by molar-refractivity contribution is 0.411. The molecule has 92 valence electrons. The maximum absolute atomic E-state index is 5.70. The molecule has 0 bridgehead atoms. The molecule has 1 aliphatic rings. The Hall–Kier alpha value is -1.28. The molecule has 0 saturated carbocycles. The molecule has 2 heteroatoms. The standard InChI is InChI=1S/C15H21NO/c1-15(2)8-6-11-4-5-12(17-3)10-13(11)14(15)7-9-16/h4-5,7,10H,6,8-9,16H2,1-3H3/b14-7+. The number of fused-ring (bicyclic) bond motifs is 1. The van der Waals surface area contributed by atoms with Gasteiger partial charge in [0.1, 0.15) is 5.75 Å². The zero-order valence-corrected chi connectivity index (χ0v) is 10.9. The Kier molecular flexibility index (Phi) is 3.25. The highest BCUT2D eigenvalue weighted by Crippen LogP contribution is 2.45. The van der Waals surface area contributed by atoms with Crippen molar-refractivity contribution in [1.82, 2.24) is 0 Å². The van der Waals surface area contributed by atoms with Crippen LogP contribution in [0.1, 0.15) is 31.4 Å². The van der Waals surface area contributed by atoms with E-state index in [4.69, 9.17) is 10.5 Å². The summed E-state index contributed by atoms with van der Waals surface area (Å²) >= 11 is 0. The molecular weight excluding hydrogens is 210 g/mol. The van der Waals surface area contributed by atoms with E-state index >= 15 is 0 Å². The molecule has 0 spiro atoms. The van der Waals surface area contributed by atoms with E-state index in [0.29, 0.717) is 6.54 Å². The minimum atomic E-state index is 0.207. The Morgan fingerprint density at radius 3 is 2.82 bits per heavy atom. The molecule has 0 saturated heterocycles. The summed E-state index contributed by atoms with van der Waals surface area (Å²) < 4.78 is 5.32. The van der Waals surface area contributed by atoms with Gasteiger partial charge in [-0.25, -0.2) is 0 Å². The Labute approximate surface area is 103 Å². The van der Waals surface area contributed by atoms with Gasteiger partial charge in [0.15, 0.2) is 0 Å².